The molecule has 0 aliphatic carbocycles. The Morgan fingerprint density at radius 3 is 2.47 bits per heavy atom. The predicted octanol–water partition coefficient (Wildman–Crippen LogP) is 1.87. The molecule has 2 N–H and O–H groups in total. The number of benzene rings is 1. The molecule has 0 aliphatic heterocycles. The highest BCUT2D eigenvalue weighted by atomic mass is 16.5. The summed E-state index contributed by atoms with van der Waals surface area (Å²) in [5.74, 6) is -0.198. The maximum atomic E-state index is 11.6. The molecular formula is C15H23NO3. The van der Waals surface area contributed by atoms with Crippen molar-refractivity contribution in [1.82, 2.24) is 5.32 Å². The standard InChI is InChI=1S/C15H23NO3/c1-3-15(18,4-2)12-16-14(17)11-19-10-13-8-6-5-7-9-13/h5-9,18H,3-4,10-12H2,1-2H3,(H,16,17). The van der Waals surface area contributed by atoms with Crippen LogP contribution in [-0.2, 0) is 16.1 Å². The van der Waals surface area contributed by atoms with Crippen LogP contribution in [0, 0.1) is 0 Å². The quantitative estimate of drug-likeness (QED) is 0.754. The number of nitrogens with one attached hydrogen (secondary N) is 1. The van der Waals surface area contributed by atoms with Crippen molar-refractivity contribution in [3.05, 3.63) is 35.9 Å². The van der Waals surface area contributed by atoms with Crippen LogP contribution in [0.15, 0.2) is 30.3 Å². The molecule has 19 heavy (non-hydrogen) atoms. The van der Waals surface area contributed by atoms with Gasteiger partial charge in [-0.2, -0.15) is 0 Å². The molecule has 4 nitrogen and oxygen atoms in total. The molecule has 0 atom stereocenters. The van der Waals surface area contributed by atoms with E-state index in [1.165, 1.54) is 0 Å². The summed E-state index contributed by atoms with van der Waals surface area (Å²) in [6, 6.07) is 9.70. The van der Waals surface area contributed by atoms with Crippen molar-refractivity contribution in [2.45, 2.75) is 38.9 Å². The van der Waals surface area contributed by atoms with E-state index in [4.69, 9.17) is 4.74 Å². The van der Waals surface area contributed by atoms with Gasteiger partial charge in [-0.3, -0.25) is 4.79 Å². The van der Waals surface area contributed by atoms with E-state index in [9.17, 15) is 9.90 Å². The van der Waals surface area contributed by atoms with Crippen LogP contribution in [0.5, 0.6) is 0 Å². The first-order chi connectivity index (χ1) is 9.09. The summed E-state index contributed by atoms with van der Waals surface area (Å²) in [6.07, 6.45) is 1.24. The molecule has 4 heteroatoms. The Balaban J connectivity index is 2.22. The number of ether oxygens (including phenoxy) is 1. The minimum absolute atomic E-state index is 0.0123. The third-order valence-electron chi connectivity index (χ3n) is 3.28. The third-order valence-corrected chi connectivity index (χ3v) is 3.28. The first-order valence-electron chi connectivity index (χ1n) is 6.70. The van der Waals surface area contributed by atoms with Crippen LogP contribution < -0.4 is 5.32 Å². The van der Waals surface area contributed by atoms with Crippen LogP contribution in [0.2, 0.25) is 0 Å². The number of hydrogen-bond acceptors (Lipinski definition) is 3. The van der Waals surface area contributed by atoms with E-state index in [0.29, 0.717) is 19.4 Å². The molecule has 0 fully saturated rings. The van der Waals surface area contributed by atoms with Crippen LogP contribution in [0.4, 0.5) is 0 Å². The second-order valence-corrected chi connectivity index (χ2v) is 4.69. The molecule has 0 bridgehead atoms. The van der Waals surface area contributed by atoms with E-state index < -0.39 is 5.60 Å². The predicted molar refractivity (Wildman–Crippen MR) is 74.6 cm³/mol. The second kappa shape index (κ2) is 7.92. The smallest absolute Gasteiger partial charge is 0.246 e. The normalized spacial score (nSPS) is 11.3. The highest BCUT2D eigenvalue weighted by molar-refractivity contribution is 5.77. The largest absolute Gasteiger partial charge is 0.388 e. The van der Waals surface area contributed by atoms with Gasteiger partial charge in [-0.1, -0.05) is 44.2 Å². The number of carbonyl (C=O) groups is 1. The topological polar surface area (TPSA) is 58.6 Å². The molecule has 0 saturated heterocycles. The van der Waals surface area contributed by atoms with Crippen LogP contribution in [0.3, 0.4) is 0 Å². The third kappa shape index (κ3) is 5.85. The molecule has 106 valence electrons. The number of hydrogen-bond donors (Lipinski definition) is 2. The minimum Gasteiger partial charge on any atom is -0.388 e. The van der Waals surface area contributed by atoms with Gasteiger partial charge in [0, 0.05) is 6.54 Å². The highest BCUT2D eigenvalue weighted by Crippen LogP contribution is 2.12. The van der Waals surface area contributed by atoms with Gasteiger partial charge in [-0.15, -0.1) is 0 Å². The zero-order chi connectivity index (χ0) is 14.1. The fourth-order valence-corrected chi connectivity index (χ4v) is 1.65. The maximum Gasteiger partial charge on any atom is 0.246 e. The van der Waals surface area contributed by atoms with Gasteiger partial charge in [0.1, 0.15) is 6.61 Å². The van der Waals surface area contributed by atoms with Gasteiger partial charge >= 0.3 is 0 Å². The van der Waals surface area contributed by atoms with Crippen LogP contribution in [-0.4, -0.2) is 29.8 Å². The summed E-state index contributed by atoms with van der Waals surface area (Å²) in [6.45, 7) is 4.51. The van der Waals surface area contributed by atoms with E-state index in [2.05, 4.69) is 5.32 Å². The van der Waals surface area contributed by atoms with Gasteiger partial charge in [0.2, 0.25) is 5.91 Å². The Bertz CT molecular complexity index is 374. The fraction of sp³-hybridized carbons (Fsp3) is 0.533. The Labute approximate surface area is 114 Å². The number of aliphatic hydroxyl groups is 1. The maximum absolute atomic E-state index is 11.6. The van der Waals surface area contributed by atoms with Crippen molar-refractivity contribution in [2.24, 2.45) is 0 Å². The van der Waals surface area contributed by atoms with E-state index in [0.717, 1.165) is 5.56 Å². The molecule has 0 aliphatic rings. The summed E-state index contributed by atoms with van der Waals surface area (Å²) in [4.78, 5) is 11.6. The SMILES string of the molecule is CCC(O)(CC)CNC(=O)COCc1ccccc1. The van der Waals surface area contributed by atoms with Gasteiger partial charge in [0.25, 0.3) is 0 Å². The Morgan fingerprint density at radius 1 is 1.26 bits per heavy atom. The van der Waals surface area contributed by atoms with E-state index in [1.807, 2.05) is 44.2 Å². The van der Waals surface area contributed by atoms with Crippen molar-refractivity contribution in [1.29, 1.82) is 0 Å². The molecule has 1 aromatic rings. The van der Waals surface area contributed by atoms with E-state index in [-0.39, 0.29) is 19.1 Å². The van der Waals surface area contributed by atoms with E-state index >= 15 is 0 Å². The average molecular weight is 265 g/mol. The molecular weight excluding hydrogens is 242 g/mol. The Kier molecular flexibility index (Phi) is 6.53. The summed E-state index contributed by atoms with van der Waals surface area (Å²) in [7, 11) is 0. The molecule has 1 rings (SSSR count). The van der Waals surface area contributed by atoms with Crippen molar-refractivity contribution >= 4 is 5.91 Å². The molecule has 0 aromatic heterocycles. The van der Waals surface area contributed by atoms with Gasteiger partial charge in [0.05, 0.1) is 12.2 Å². The fourth-order valence-electron chi connectivity index (χ4n) is 1.65. The lowest BCUT2D eigenvalue weighted by Crippen LogP contribution is -2.43. The lowest BCUT2D eigenvalue weighted by atomic mass is 9.98. The first kappa shape index (κ1) is 15.7. The first-order valence-corrected chi connectivity index (χ1v) is 6.70. The Morgan fingerprint density at radius 2 is 1.89 bits per heavy atom. The lowest BCUT2D eigenvalue weighted by molar-refractivity contribution is -0.127. The summed E-state index contributed by atoms with van der Waals surface area (Å²) in [5.41, 5.74) is 0.226. The van der Waals surface area contributed by atoms with Crippen LogP contribution >= 0.6 is 0 Å². The molecule has 0 spiro atoms. The number of rotatable bonds is 8. The monoisotopic (exact) mass is 265 g/mol. The summed E-state index contributed by atoms with van der Waals surface area (Å²) in [5, 5.41) is 12.7. The van der Waals surface area contributed by atoms with Crippen molar-refractivity contribution in [3.63, 3.8) is 0 Å². The highest BCUT2D eigenvalue weighted by Gasteiger charge is 2.22. The molecule has 0 unspecified atom stereocenters. The van der Waals surface area contributed by atoms with Crippen molar-refractivity contribution < 1.29 is 14.6 Å². The molecule has 1 aromatic carbocycles. The van der Waals surface area contributed by atoms with Crippen molar-refractivity contribution in [3.8, 4) is 0 Å². The zero-order valence-electron chi connectivity index (χ0n) is 11.7. The lowest BCUT2D eigenvalue weighted by Gasteiger charge is -2.25. The second-order valence-electron chi connectivity index (χ2n) is 4.69. The molecule has 1 amide bonds. The number of amides is 1. The van der Waals surface area contributed by atoms with Gasteiger partial charge in [-0.05, 0) is 18.4 Å². The summed E-state index contributed by atoms with van der Waals surface area (Å²) < 4.78 is 5.32. The van der Waals surface area contributed by atoms with Crippen molar-refractivity contribution in [2.75, 3.05) is 13.2 Å². The molecule has 0 radical (unpaired) electrons. The molecule has 0 heterocycles. The minimum atomic E-state index is -0.810. The summed E-state index contributed by atoms with van der Waals surface area (Å²) >= 11 is 0. The average Bonchev–Trinajstić information content (AvgIpc) is 2.46. The van der Waals surface area contributed by atoms with Crippen LogP contribution in [0.1, 0.15) is 32.3 Å². The Hall–Kier alpha value is -1.39. The molecule has 0 saturated carbocycles. The van der Waals surface area contributed by atoms with E-state index in [1.54, 1.807) is 0 Å². The number of carbonyl (C=O) groups excluding carboxylic acids is 1. The van der Waals surface area contributed by atoms with Crippen LogP contribution in [0.25, 0.3) is 0 Å². The van der Waals surface area contributed by atoms with Gasteiger partial charge < -0.3 is 15.2 Å². The van der Waals surface area contributed by atoms with Gasteiger partial charge in [-0.25, -0.2) is 0 Å². The zero-order valence-corrected chi connectivity index (χ0v) is 11.7. The van der Waals surface area contributed by atoms with Gasteiger partial charge in [0.15, 0.2) is 0 Å².